The van der Waals surface area contributed by atoms with Gasteiger partial charge in [0.15, 0.2) is 9.84 Å². The normalized spacial score (nSPS) is 11.6. The van der Waals surface area contributed by atoms with Crippen molar-refractivity contribution in [3.63, 3.8) is 0 Å². The van der Waals surface area contributed by atoms with Gasteiger partial charge in [0.25, 0.3) is 0 Å². The molecule has 2 aromatic rings. The quantitative estimate of drug-likeness (QED) is 0.905. The fraction of sp³-hybridized carbons (Fsp3) is 0.250. The van der Waals surface area contributed by atoms with Crippen molar-refractivity contribution in [2.75, 3.05) is 6.26 Å². The smallest absolute Gasteiger partial charge is 0.151 e. The van der Waals surface area contributed by atoms with E-state index in [0.717, 1.165) is 22.5 Å². The number of aryl methyl sites for hydroxylation is 1. The molecule has 0 fully saturated rings. The van der Waals surface area contributed by atoms with Gasteiger partial charge in [-0.1, -0.05) is 24.3 Å². The van der Waals surface area contributed by atoms with Crippen LogP contribution in [-0.4, -0.2) is 24.9 Å². The second kappa shape index (κ2) is 4.33. The molecule has 0 bridgehead atoms. The first-order valence-electron chi connectivity index (χ1n) is 5.24. The van der Waals surface area contributed by atoms with E-state index in [1.165, 1.54) is 6.26 Å². The average molecular weight is 250 g/mol. The molecule has 1 N–H and O–H groups in total. The Morgan fingerprint density at radius 1 is 1.29 bits per heavy atom. The molecule has 0 unspecified atom stereocenters. The van der Waals surface area contributed by atoms with Crippen LogP contribution >= 0.6 is 0 Å². The molecule has 0 aliphatic heterocycles. The Kier molecular flexibility index (Phi) is 3.02. The van der Waals surface area contributed by atoms with E-state index in [1.807, 2.05) is 37.3 Å². The van der Waals surface area contributed by atoms with Crippen LogP contribution in [0.1, 0.15) is 11.3 Å². The van der Waals surface area contributed by atoms with E-state index in [-0.39, 0.29) is 5.75 Å². The number of hydrogen-bond acceptors (Lipinski definition) is 3. The second-order valence-electron chi connectivity index (χ2n) is 4.16. The van der Waals surface area contributed by atoms with Crippen molar-refractivity contribution < 1.29 is 8.42 Å². The van der Waals surface area contributed by atoms with Crippen LogP contribution in [0.15, 0.2) is 30.3 Å². The van der Waals surface area contributed by atoms with Crippen LogP contribution in [0.4, 0.5) is 0 Å². The van der Waals surface area contributed by atoms with Crippen molar-refractivity contribution in [1.29, 1.82) is 0 Å². The number of rotatable bonds is 3. The molecule has 17 heavy (non-hydrogen) atoms. The molecule has 0 saturated heterocycles. The average Bonchev–Trinajstić information content (AvgIpc) is 2.63. The number of hydrogen-bond donors (Lipinski definition) is 1. The van der Waals surface area contributed by atoms with E-state index in [4.69, 9.17) is 0 Å². The Bertz CT molecular complexity index is 629. The number of nitrogens with zero attached hydrogens (tertiary/aromatic N) is 1. The minimum absolute atomic E-state index is 0.0368. The summed E-state index contributed by atoms with van der Waals surface area (Å²) in [5, 5.41) is 7.01. The molecule has 0 atom stereocenters. The maximum Gasteiger partial charge on any atom is 0.151 e. The standard InChI is InChI=1S/C12H14N2O2S/c1-9-7-12(14-13-9)11-6-4-3-5-10(11)8-17(2,15)16/h3-7H,8H2,1-2H3,(H,13,14). The monoisotopic (exact) mass is 250 g/mol. The molecule has 0 saturated carbocycles. The van der Waals surface area contributed by atoms with E-state index in [1.54, 1.807) is 0 Å². The van der Waals surface area contributed by atoms with E-state index in [9.17, 15) is 8.42 Å². The third-order valence-corrected chi connectivity index (χ3v) is 3.25. The van der Waals surface area contributed by atoms with Gasteiger partial charge < -0.3 is 0 Å². The third-order valence-electron chi connectivity index (χ3n) is 2.42. The third kappa shape index (κ3) is 2.94. The number of benzene rings is 1. The van der Waals surface area contributed by atoms with Crippen molar-refractivity contribution in [3.8, 4) is 11.3 Å². The van der Waals surface area contributed by atoms with Crippen LogP contribution in [0.25, 0.3) is 11.3 Å². The summed E-state index contributed by atoms with van der Waals surface area (Å²) < 4.78 is 22.7. The zero-order chi connectivity index (χ0) is 12.5. The molecule has 2 rings (SSSR count). The molecule has 1 heterocycles. The highest BCUT2D eigenvalue weighted by atomic mass is 32.2. The highest BCUT2D eigenvalue weighted by molar-refractivity contribution is 7.89. The van der Waals surface area contributed by atoms with Gasteiger partial charge in [0.05, 0.1) is 11.4 Å². The molecule has 1 aromatic carbocycles. The van der Waals surface area contributed by atoms with Gasteiger partial charge in [-0.05, 0) is 18.6 Å². The summed E-state index contributed by atoms with van der Waals surface area (Å²) in [4.78, 5) is 0. The number of H-pyrrole nitrogens is 1. The number of sulfone groups is 1. The summed E-state index contributed by atoms with van der Waals surface area (Å²) in [7, 11) is -3.04. The Morgan fingerprint density at radius 2 is 2.00 bits per heavy atom. The molecule has 0 amide bonds. The topological polar surface area (TPSA) is 62.8 Å². The Labute approximate surface area is 101 Å². The van der Waals surface area contributed by atoms with Crippen LogP contribution in [-0.2, 0) is 15.6 Å². The lowest BCUT2D eigenvalue weighted by Gasteiger charge is -2.05. The predicted molar refractivity (Wildman–Crippen MR) is 67.3 cm³/mol. The first-order chi connectivity index (χ1) is 7.96. The fourth-order valence-corrected chi connectivity index (χ4v) is 2.55. The number of nitrogens with one attached hydrogen (secondary N) is 1. The lowest BCUT2D eigenvalue weighted by atomic mass is 10.1. The Balaban J connectivity index is 2.48. The highest BCUT2D eigenvalue weighted by Crippen LogP contribution is 2.23. The van der Waals surface area contributed by atoms with Gasteiger partial charge >= 0.3 is 0 Å². The van der Waals surface area contributed by atoms with Gasteiger partial charge in [-0.3, -0.25) is 5.10 Å². The summed E-state index contributed by atoms with van der Waals surface area (Å²) >= 11 is 0. The van der Waals surface area contributed by atoms with E-state index < -0.39 is 9.84 Å². The summed E-state index contributed by atoms with van der Waals surface area (Å²) in [5.41, 5.74) is 3.37. The largest absolute Gasteiger partial charge is 0.282 e. The lowest BCUT2D eigenvalue weighted by molar-refractivity contribution is 0.601. The lowest BCUT2D eigenvalue weighted by Crippen LogP contribution is -2.02. The summed E-state index contributed by atoms with van der Waals surface area (Å²) in [6.07, 6.45) is 1.24. The maximum atomic E-state index is 11.4. The summed E-state index contributed by atoms with van der Waals surface area (Å²) in [6.45, 7) is 1.91. The molecule has 1 aromatic heterocycles. The molecule has 0 aliphatic carbocycles. The van der Waals surface area contributed by atoms with Crippen LogP contribution in [0.3, 0.4) is 0 Å². The maximum absolute atomic E-state index is 11.4. The first-order valence-corrected chi connectivity index (χ1v) is 7.30. The highest BCUT2D eigenvalue weighted by Gasteiger charge is 2.11. The molecule has 0 aliphatic rings. The van der Waals surface area contributed by atoms with Gasteiger partial charge in [-0.25, -0.2) is 8.42 Å². The van der Waals surface area contributed by atoms with Crippen molar-refractivity contribution in [2.45, 2.75) is 12.7 Å². The SMILES string of the molecule is Cc1cc(-c2ccccc2CS(C)(=O)=O)n[nH]1. The Morgan fingerprint density at radius 3 is 2.59 bits per heavy atom. The molecule has 0 spiro atoms. The van der Waals surface area contributed by atoms with E-state index >= 15 is 0 Å². The van der Waals surface area contributed by atoms with Gasteiger partial charge in [-0.2, -0.15) is 5.10 Å². The Hall–Kier alpha value is -1.62. The van der Waals surface area contributed by atoms with Gasteiger partial charge in [0.2, 0.25) is 0 Å². The minimum atomic E-state index is -3.04. The zero-order valence-corrected chi connectivity index (χ0v) is 10.6. The molecular formula is C12H14N2O2S. The van der Waals surface area contributed by atoms with Crippen LogP contribution in [0, 0.1) is 6.92 Å². The van der Waals surface area contributed by atoms with Gasteiger partial charge in [-0.15, -0.1) is 0 Å². The fourth-order valence-electron chi connectivity index (χ4n) is 1.73. The molecule has 90 valence electrons. The van der Waals surface area contributed by atoms with Crippen LogP contribution in [0.2, 0.25) is 0 Å². The summed E-state index contributed by atoms with van der Waals surface area (Å²) in [5.74, 6) is 0.0368. The van der Waals surface area contributed by atoms with Crippen molar-refractivity contribution in [3.05, 3.63) is 41.6 Å². The van der Waals surface area contributed by atoms with Crippen LogP contribution in [0.5, 0.6) is 0 Å². The number of aromatic amines is 1. The molecule has 0 radical (unpaired) electrons. The number of aromatic nitrogens is 2. The van der Waals surface area contributed by atoms with E-state index in [2.05, 4.69) is 10.2 Å². The van der Waals surface area contributed by atoms with Crippen molar-refractivity contribution >= 4 is 9.84 Å². The van der Waals surface area contributed by atoms with Crippen LogP contribution < -0.4 is 0 Å². The summed E-state index contributed by atoms with van der Waals surface area (Å²) in [6, 6.07) is 9.33. The zero-order valence-electron chi connectivity index (χ0n) is 9.77. The molecule has 4 nitrogen and oxygen atoms in total. The molecule has 5 heteroatoms. The van der Waals surface area contributed by atoms with Gasteiger partial charge in [0, 0.05) is 17.5 Å². The molecular weight excluding hydrogens is 236 g/mol. The van der Waals surface area contributed by atoms with E-state index in [0.29, 0.717) is 0 Å². The predicted octanol–water partition coefficient (Wildman–Crippen LogP) is 1.93. The first kappa shape index (κ1) is 11.9. The second-order valence-corrected chi connectivity index (χ2v) is 6.30. The van der Waals surface area contributed by atoms with Crippen molar-refractivity contribution in [2.24, 2.45) is 0 Å². The van der Waals surface area contributed by atoms with Gasteiger partial charge in [0.1, 0.15) is 0 Å². The minimum Gasteiger partial charge on any atom is -0.282 e. The van der Waals surface area contributed by atoms with Crippen molar-refractivity contribution in [1.82, 2.24) is 10.2 Å².